The van der Waals surface area contributed by atoms with Crippen LogP contribution >= 0.6 is 23.4 Å². The number of hydrogen-bond acceptors (Lipinski definition) is 9. The lowest BCUT2D eigenvalue weighted by Crippen LogP contribution is -2.52. The molecule has 2 amide bonds. The van der Waals surface area contributed by atoms with Crippen molar-refractivity contribution in [3.63, 3.8) is 0 Å². The molecule has 2 aromatic rings. The monoisotopic (exact) mass is 722 g/mol. The molecule has 2 aromatic carbocycles. The van der Waals surface area contributed by atoms with Crippen LogP contribution in [0.2, 0.25) is 5.02 Å². The third kappa shape index (κ3) is 11.6. The van der Waals surface area contributed by atoms with E-state index in [1.54, 1.807) is 11.0 Å². The highest BCUT2D eigenvalue weighted by molar-refractivity contribution is 7.99. The van der Waals surface area contributed by atoms with Crippen molar-refractivity contribution >= 4 is 57.0 Å². The Bertz CT molecular complexity index is 1520. The number of rotatable bonds is 15. The van der Waals surface area contributed by atoms with E-state index in [0.29, 0.717) is 68.0 Å². The summed E-state index contributed by atoms with van der Waals surface area (Å²) >= 11 is 7.85. The van der Waals surface area contributed by atoms with Gasteiger partial charge in [0.1, 0.15) is 17.5 Å². The molecule has 1 atom stereocenters. The van der Waals surface area contributed by atoms with Crippen molar-refractivity contribution in [2.24, 2.45) is 11.3 Å². The van der Waals surface area contributed by atoms with Gasteiger partial charge in [-0.3, -0.25) is 9.59 Å². The number of halogens is 1. The lowest BCUT2D eigenvalue weighted by Gasteiger charge is -2.35. The van der Waals surface area contributed by atoms with E-state index in [-0.39, 0.29) is 34.5 Å². The van der Waals surface area contributed by atoms with Crippen LogP contribution in [0, 0.1) is 11.3 Å². The Labute approximate surface area is 293 Å². The minimum Gasteiger partial charge on any atom is -0.466 e. The third-order valence-corrected chi connectivity index (χ3v) is 11.3. The number of likely N-dealkylation sites (tertiary alicyclic amines) is 1. The molecule has 0 bridgehead atoms. The average molecular weight is 723 g/mol. The van der Waals surface area contributed by atoms with Gasteiger partial charge < -0.3 is 25.0 Å². The number of fused-ring (bicyclic) bond motifs is 1. The number of amides is 2. The molecular formula is C34H47ClN4O7S2. The maximum Gasteiger partial charge on any atom is 0.407 e. The predicted molar refractivity (Wildman–Crippen MR) is 189 cm³/mol. The van der Waals surface area contributed by atoms with Crippen LogP contribution in [0.5, 0.6) is 0 Å². The van der Waals surface area contributed by atoms with Gasteiger partial charge in [-0.05, 0) is 72.4 Å². The number of hydrogen-bond donors (Lipinski definition) is 3. The normalized spacial score (nSPS) is 16.7. The Morgan fingerprint density at radius 3 is 2.56 bits per heavy atom. The second-order valence-electron chi connectivity index (χ2n) is 13.1. The van der Waals surface area contributed by atoms with Crippen LogP contribution in [-0.4, -0.2) is 81.6 Å². The first-order valence-electron chi connectivity index (χ1n) is 16.4. The lowest BCUT2D eigenvalue weighted by molar-refractivity contribution is -0.141. The Hall–Kier alpha value is -3.00. The van der Waals surface area contributed by atoms with Gasteiger partial charge in [0.05, 0.1) is 12.3 Å². The van der Waals surface area contributed by atoms with Crippen molar-refractivity contribution in [2.75, 3.05) is 49.6 Å². The molecule has 0 aromatic heterocycles. The molecule has 0 radical (unpaired) electrons. The first kappa shape index (κ1) is 37.8. The molecule has 2 aliphatic heterocycles. The van der Waals surface area contributed by atoms with Crippen LogP contribution in [0.15, 0.2) is 47.4 Å². The fraction of sp³-hybridized carbons (Fsp3) is 0.559. The molecule has 1 saturated heterocycles. The summed E-state index contributed by atoms with van der Waals surface area (Å²) in [6, 6.07) is 11.6. The molecule has 0 unspecified atom stereocenters. The molecular weight excluding hydrogens is 676 g/mol. The number of ether oxygens (including phenoxy) is 2. The second-order valence-corrected chi connectivity index (χ2v) is 16.4. The van der Waals surface area contributed by atoms with Gasteiger partial charge in [0.25, 0.3) is 0 Å². The molecule has 1 fully saturated rings. The fourth-order valence-electron chi connectivity index (χ4n) is 5.87. The van der Waals surface area contributed by atoms with Crippen molar-refractivity contribution < 1.29 is 32.3 Å². The molecule has 11 nitrogen and oxygen atoms in total. The Morgan fingerprint density at radius 1 is 1.12 bits per heavy atom. The number of carbonyl (C=O) groups is 3. The molecule has 2 heterocycles. The zero-order valence-corrected chi connectivity index (χ0v) is 30.3. The Kier molecular flexibility index (Phi) is 13.9. The number of nitrogens with one attached hydrogen (secondary N) is 3. The summed E-state index contributed by atoms with van der Waals surface area (Å²) in [5, 5.41) is 6.34. The molecule has 3 N–H and O–H groups in total. The molecule has 0 aliphatic carbocycles. The smallest absolute Gasteiger partial charge is 0.407 e. The highest BCUT2D eigenvalue weighted by atomic mass is 35.5. The standard InChI is InChI=1S/C34H47ClN4O7S2/c1-24(40)45-16-12-25-10-14-39(15-11-25)32(41)29(22-47-17-7-13-36-33(42)46-21-26-8-5-4-6-9-26)38-48(43,44)30-19-28(35)18-27-20-34(2,3)23-37-31(27)30/h4-6,8-9,18-19,25,29,37-38H,7,10-17,20-23H2,1-3H3,(H,36,42)/t29-/m0/s1. The zero-order valence-electron chi connectivity index (χ0n) is 27.9. The van der Waals surface area contributed by atoms with E-state index >= 15 is 0 Å². The number of alkyl carbamates (subject to hydrolysis) is 1. The molecule has 2 aliphatic rings. The van der Waals surface area contributed by atoms with Gasteiger partial charge in [-0.2, -0.15) is 16.5 Å². The molecule has 0 spiro atoms. The zero-order chi connectivity index (χ0) is 34.7. The number of nitrogens with zero attached hydrogens (tertiary/aromatic N) is 1. The fourth-order valence-corrected chi connectivity index (χ4v) is 8.70. The SMILES string of the molecule is CC(=O)OCCC1CCN(C(=O)[C@H](CSCCCNC(=O)OCc2ccccc2)NS(=O)(=O)c2cc(Cl)cc3c2NCC(C)(C)C3)CC1. The van der Waals surface area contributed by atoms with Crippen molar-refractivity contribution in [1.29, 1.82) is 0 Å². The predicted octanol–water partition coefficient (Wildman–Crippen LogP) is 5.22. The Balaban J connectivity index is 1.37. The summed E-state index contributed by atoms with van der Waals surface area (Å²) in [5.74, 6) is 0.530. The van der Waals surface area contributed by atoms with Crippen LogP contribution < -0.4 is 15.4 Å². The van der Waals surface area contributed by atoms with E-state index in [2.05, 4.69) is 29.2 Å². The number of piperidine rings is 1. The van der Waals surface area contributed by atoms with Crippen LogP contribution in [0.3, 0.4) is 0 Å². The van der Waals surface area contributed by atoms with Crippen LogP contribution in [0.4, 0.5) is 10.5 Å². The van der Waals surface area contributed by atoms with E-state index in [9.17, 15) is 22.8 Å². The van der Waals surface area contributed by atoms with E-state index in [4.69, 9.17) is 21.1 Å². The van der Waals surface area contributed by atoms with Crippen molar-refractivity contribution in [2.45, 2.75) is 70.4 Å². The van der Waals surface area contributed by atoms with E-state index in [1.807, 2.05) is 30.3 Å². The number of benzene rings is 2. The highest BCUT2D eigenvalue weighted by Crippen LogP contribution is 2.38. The van der Waals surface area contributed by atoms with Crippen LogP contribution in [0.1, 0.15) is 57.6 Å². The van der Waals surface area contributed by atoms with Crippen molar-refractivity contribution in [3.8, 4) is 0 Å². The van der Waals surface area contributed by atoms with E-state index in [0.717, 1.165) is 30.4 Å². The van der Waals surface area contributed by atoms with Gasteiger partial charge in [-0.25, -0.2) is 13.2 Å². The molecule has 0 saturated carbocycles. The summed E-state index contributed by atoms with van der Waals surface area (Å²) in [5.41, 5.74) is 2.16. The third-order valence-electron chi connectivity index (χ3n) is 8.44. The van der Waals surface area contributed by atoms with Crippen LogP contribution in [-0.2, 0) is 42.1 Å². The minimum atomic E-state index is -4.14. The number of thioether (sulfide) groups is 1. The first-order valence-corrected chi connectivity index (χ1v) is 19.4. The maximum atomic E-state index is 13.9. The topological polar surface area (TPSA) is 143 Å². The van der Waals surface area contributed by atoms with Crippen LogP contribution in [0.25, 0.3) is 0 Å². The number of anilines is 1. The lowest BCUT2D eigenvalue weighted by atomic mass is 9.82. The first-order chi connectivity index (χ1) is 22.8. The highest BCUT2D eigenvalue weighted by Gasteiger charge is 2.35. The largest absolute Gasteiger partial charge is 0.466 e. The van der Waals surface area contributed by atoms with E-state index < -0.39 is 22.2 Å². The van der Waals surface area contributed by atoms with Gasteiger partial charge in [0.15, 0.2) is 0 Å². The number of carbonyl (C=O) groups excluding carboxylic acids is 3. The maximum absolute atomic E-state index is 13.9. The molecule has 48 heavy (non-hydrogen) atoms. The van der Waals surface area contributed by atoms with Crippen molar-refractivity contribution in [1.82, 2.24) is 14.9 Å². The van der Waals surface area contributed by atoms with Gasteiger partial charge in [0.2, 0.25) is 15.9 Å². The molecule has 14 heteroatoms. The summed E-state index contributed by atoms with van der Waals surface area (Å²) in [6.07, 6.45) is 2.97. The average Bonchev–Trinajstić information content (AvgIpc) is 3.04. The van der Waals surface area contributed by atoms with E-state index in [1.165, 1.54) is 24.8 Å². The summed E-state index contributed by atoms with van der Waals surface area (Å²) in [6.45, 7) is 8.07. The van der Waals surface area contributed by atoms with Gasteiger partial charge >= 0.3 is 12.1 Å². The number of sulfonamides is 1. The quantitative estimate of drug-likeness (QED) is 0.167. The molecule has 4 rings (SSSR count). The Morgan fingerprint density at radius 2 is 1.85 bits per heavy atom. The van der Waals surface area contributed by atoms with Crippen molar-refractivity contribution in [3.05, 3.63) is 58.6 Å². The molecule has 264 valence electrons. The van der Waals surface area contributed by atoms with Gasteiger partial charge in [-0.1, -0.05) is 55.8 Å². The number of esters is 1. The van der Waals surface area contributed by atoms with Gasteiger partial charge in [0, 0.05) is 43.9 Å². The minimum absolute atomic E-state index is 0.0331. The van der Waals surface area contributed by atoms with Gasteiger partial charge in [-0.15, -0.1) is 0 Å². The summed E-state index contributed by atoms with van der Waals surface area (Å²) in [7, 11) is -4.14. The summed E-state index contributed by atoms with van der Waals surface area (Å²) in [4.78, 5) is 38.8. The second kappa shape index (κ2) is 17.6. The summed E-state index contributed by atoms with van der Waals surface area (Å²) < 4.78 is 40.9.